The lowest BCUT2D eigenvalue weighted by atomic mass is 10.1. The molecular weight excluding hydrogens is 413 g/mol. The SMILES string of the molecule is CCCCCCCc1nc(-c2ccc(Cl)cc2)nn1Cc1ccc(Cl)cc1Cl. The van der Waals surface area contributed by atoms with Crippen molar-refractivity contribution in [1.29, 1.82) is 0 Å². The minimum atomic E-state index is 0.570. The van der Waals surface area contributed by atoms with Crippen molar-refractivity contribution >= 4 is 34.8 Å². The third kappa shape index (κ3) is 5.73. The van der Waals surface area contributed by atoms with Crippen LogP contribution in [0.3, 0.4) is 0 Å². The van der Waals surface area contributed by atoms with Crippen molar-refractivity contribution in [2.75, 3.05) is 0 Å². The van der Waals surface area contributed by atoms with Crippen LogP contribution in [0.1, 0.15) is 50.4 Å². The van der Waals surface area contributed by atoms with Crippen LogP contribution in [-0.4, -0.2) is 14.8 Å². The molecule has 28 heavy (non-hydrogen) atoms. The van der Waals surface area contributed by atoms with E-state index in [1.807, 2.05) is 41.1 Å². The van der Waals surface area contributed by atoms with Crippen LogP contribution < -0.4 is 0 Å². The Labute approximate surface area is 181 Å². The Morgan fingerprint density at radius 1 is 0.857 bits per heavy atom. The molecule has 0 aliphatic carbocycles. The van der Waals surface area contributed by atoms with Crippen molar-refractivity contribution in [1.82, 2.24) is 14.8 Å². The van der Waals surface area contributed by atoms with Crippen molar-refractivity contribution in [2.24, 2.45) is 0 Å². The van der Waals surface area contributed by atoms with E-state index in [2.05, 4.69) is 6.92 Å². The van der Waals surface area contributed by atoms with Gasteiger partial charge in [-0.2, -0.15) is 5.10 Å². The zero-order valence-corrected chi connectivity index (χ0v) is 18.2. The van der Waals surface area contributed by atoms with Gasteiger partial charge in [0, 0.05) is 27.1 Å². The number of nitrogens with zero attached hydrogens (tertiary/aromatic N) is 3. The maximum atomic E-state index is 6.37. The van der Waals surface area contributed by atoms with Gasteiger partial charge < -0.3 is 0 Å². The molecule has 3 nitrogen and oxygen atoms in total. The molecule has 0 bridgehead atoms. The lowest BCUT2D eigenvalue weighted by Gasteiger charge is -2.08. The first-order valence-corrected chi connectivity index (χ1v) is 10.8. The Kier molecular flexibility index (Phi) is 7.78. The van der Waals surface area contributed by atoms with Gasteiger partial charge >= 0.3 is 0 Å². The molecule has 1 heterocycles. The third-order valence-electron chi connectivity index (χ3n) is 4.69. The molecule has 0 radical (unpaired) electrons. The highest BCUT2D eigenvalue weighted by atomic mass is 35.5. The molecule has 1 aromatic heterocycles. The molecule has 0 unspecified atom stereocenters. The van der Waals surface area contributed by atoms with Gasteiger partial charge in [-0.05, 0) is 48.4 Å². The first-order valence-electron chi connectivity index (χ1n) is 9.70. The number of benzene rings is 2. The van der Waals surface area contributed by atoms with Crippen LogP contribution in [0.5, 0.6) is 0 Å². The van der Waals surface area contributed by atoms with E-state index < -0.39 is 0 Å². The second-order valence-corrected chi connectivity index (χ2v) is 8.20. The van der Waals surface area contributed by atoms with Crippen LogP contribution in [0.25, 0.3) is 11.4 Å². The van der Waals surface area contributed by atoms with E-state index in [1.54, 1.807) is 6.07 Å². The highest BCUT2D eigenvalue weighted by molar-refractivity contribution is 6.35. The molecule has 0 saturated heterocycles. The molecule has 0 spiro atoms. The number of rotatable bonds is 9. The summed E-state index contributed by atoms with van der Waals surface area (Å²) in [4.78, 5) is 4.81. The molecule has 0 fully saturated rings. The highest BCUT2D eigenvalue weighted by Crippen LogP contribution is 2.24. The van der Waals surface area contributed by atoms with Crippen LogP contribution in [-0.2, 0) is 13.0 Å². The smallest absolute Gasteiger partial charge is 0.181 e. The Balaban J connectivity index is 1.83. The molecule has 3 aromatic rings. The molecule has 0 aliphatic heterocycles. The van der Waals surface area contributed by atoms with E-state index in [9.17, 15) is 0 Å². The summed E-state index contributed by atoms with van der Waals surface area (Å²) in [6, 6.07) is 13.2. The average molecular weight is 437 g/mol. The molecule has 0 N–H and O–H groups in total. The molecule has 0 amide bonds. The minimum absolute atomic E-state index is 0.570. The minimum Gasteiger partial charge on any atom is -0.245 e. The lowest BCUT2D eigenvalue weighted by molar-refractivity contribution is 0.586. The Hall–Kier alpha value is -1.55. The van der Waals surface area contributed by atoms with Crippen LogP contribution in [0.4, 0.5) is 0 Å². The fourth-order valence-electron chi connectivity index (χ4n) is 3.11. The van der Waals surface area contributed by atoms with Crippen molar-refractivity contribution in [2.45, 2.75) is 52.0 Å². The molecule has 0 atom stereocenters. The number of unbranched alkanes of at least 4 members (excludes halogenated alkanes) is 4. The molecule has 148 valence electrons. The summed E-state index contributed by atoms with van der Waals surface area (Å²) in [5.74, 6) is 1.69. The van der Waals surface area contributed by atoms with Gasteiger partial charge in [0.1, 0.15) is 5.82 Å². The number of aryl methyl sites for hydroxylation is 1. The zero-order chi connectivity index (χ0) is 19.9. The van der Waals surface area contributed by atoms with Gasteiger partial charge in [-0.15, -0.1) is 0 Å². The summed E-state index contributed by atoms with van der Waals surface area (Å²) in [5, 5.41) is 6.73. The molecular formula is C22H24Cl3N3. The predicted molar refractivity (Wildman–Crippen MR) is 118 cm³/mol. The first-order chi connectivity index (χ1) is 13.6. The number of hydrogen-bond donors (Lipinski definition) is 0. The van der Waals surface area contributed by atoms with Gasteiger partial charge in [-0.25, -0.2) is 9.67 Å². The van der Waals surface area contributed by atoms with E-state index in [1.165, 1.54) is 25.7 Å². The number of hydrogen-bond acceptors (Lipinski definition) is 2. The summed E-state index contributed by atoms with van der Waals surface area (Å²) < 4.78 is 1.96. The maximum absolute atomic E-state index is 6.37. The van der Waals surface area contributed by atoms with Gasteiger partial charge in [0.05, 0.1) is 6.54 Å². The molecule has 2 aromatic carbocycles. The van der Waals surface area contributed by atoms with Gasteiger partial charge in [0.25, 0.3) is 0 Å². The molecule has 3 rings (SSSR count). The van der Waals surface area contributed by atoms with Gasteiger partial charge in [0.2, 0.25) is 0 Å². The zero-order valence-electron chi connectivity index (χ0n) is 16.0. The second-order valence-electron chi connectivity index (χ2n) is 6.92. The Morgan fingerprint density at radius 3 is 2.29 bits per heavy atom. The monoisotopic (exact) mass is 435 g/mol. The van der Waals surface area contributed by atoms with Crippen molar-refractivity contribution in [3.63, 3.8) is 0 Å². The summed E-state index contributed by atoms with van der Waals surface area (Å²) in [7, 11) is 0. The van der Waals surface area contributed by atoms with E-state index in [-0.39, 0.29) is 0 Å². The summed E-state index contributed by atoms with van der Waals surface area (Å²) in [6.07, 6.45) is 6.99. The van der Waals surface area contributed by atoms with Gasteiger partial charge in [-0.1, -0.05) is 73.5 Å². The fourth-order valence-corrected chi connectivity index (χ4v) is 3.70. The fraction of sp³-hybridized carbons (Fsp3) is 0.364. The Morgan fingerprint density at radius 2 is 1.57 bits per heavy atom. The van der Waals surface area contributed by atoms with E-state index in [0.29, 0.717) is 27.4 Å². The average Bonchev–Trinajstić information content (AvgIpc) is 3.07. The maximum Gasteiger partial charge on any atom is 0.181 e. The van der Waals surface area contributed by atoms with Crippen LogP contribution >= 0.6 is 34.8 Å². The Bertz CT molecular complexity index is 904. The van der Waals surface area contributed by atoms with Crippen LogP contribution in [0.15, 0.2) is 42.5 Å². The van der Waals surface area contributed by atoms with Crippen LogP contribution in [0.2, 0.25) is 15.1 Å². The number of halogens is 3. The summed E-state index contributed by atoms with van der Waals surface area (Å²) >= 11 is 18.4. The van der Waals surface area contributed by atoms with E-state index in [4.69, 9.17) is 44.9 Å². The molecule has 6 heteroatoms. The third-order valence-corrected chi connectivity index (χ3v) is 5.53. The standard InChI is InChI=1S/C22H24Cl3N3/c1-2-3-4-5-6-7-21-26-22(16-8-11-18(23)12-9-16)27-28(21)15-17-10-13-19(24)14-20(17)25/h8-14H,2-7,15H2,1H3. The van der Waals surface area contributed by atoms with Crippen molar-refractivity contribution in [3.8, 4) is 11.4 Å². The molecule has 0 aliphatic rings. The molecule has 0 saturated carbocycles. The van der Waals surface area contributed by atoms with Gasteiger partial charge in [0.15, 0.2) is 5.82 Å². The van der Waals surface area contributed by atoms with Gasteiger partial charge in [-0.3, -0.25) is 0 Å². The van der Waals surface area contributed by atoms with E-state index in [0.717, 1.165) is 29.8 Å². The van der Waals surface area contributed by atoms with E-state index >= 15 is 0 Å². The second kappa shape index (κ2) is 10.3. The van der Waals surface area contributed by atoms with Crippen molar-refractivity contribution in [3.05, 3.63) is 68.9 Å². The van der Waals surface area contributed by atoms with Crippen LogP contribution in [0, 0.1) is 0 Å². The largest absolute Gasteiger partial charge is 0.245 e. The summed E-state index contributed by atoms with van der Waals surface area (Å²) in [5.41, 5.74) is 1.93. The quantitative estimate of drug-likeness (QED) is 0.326. The normalized spacial score (nSPS) is 11.1. The predicted octanol–water partition coefficient (Wildman–Crippen LogP) is 7.47. The summed E-state index contributed by atoms with van der Waals surface area (Å²) in [6.45, 7) is 2.80. The van der Waals surface area contributed by atoms with Crippen molar-refractivity contribution < 1.29 is 0 Å². The highest BCUT2D eigenvalue weighted by Gasteiger charge is 2.13. The lowest BCUT2D eigenvalue weighted by Crippen LogP contribution is -2.07. The first kappa shape index (κ1) is 21.2. The topological polar surface area (TPSA) is 30.7 Å². The number of aromatic nitrogens is 3.